The van der Waals surface area contributed by atoms with Crippen LogP contribution in [0.5, 0.6) is 5.75 Å². The number of imidazole rings is 1. The smallest absolute Gasteiger partial charge is 0.230 e. The van der Waals surface area contributed by atoms with E-state index in [0.29, 0.717) is 26.2 Å². The Kier molecular flexibility index (Phi) is 5.90. The van der Waals surface area contributed by atoms with Gasteiger partial charge >= 0.3 is 0 Å². The Bertz CT molecular complexity index is 759. The summed E-state index contributed by atoms with van der Waals surface area (Å²) in [5.41, 5.74) is 3.06. The number of rotatable bonds is 7. The normalized spacial score (nSPS) is 17.0. The number of aromatic nitrogens is 2. The summed E-state index contributed by atoms with van der Waals surface area (Å²) in [5, 5.41) is 2.96. The Morgan fingerprint density at radius 1 is 1.35 bits per heavy atom. The molecule has 0 fully saturated rings. The minimum atomic E-state index is -0.252. The van der Waals surface area contributed by atoms with Gasteiger partial charge in [0.15, 0.2) is 0 Å². The van der Waals surface area contributed by atoms with Gasteiger partial charge in [0.25, 0.3) is 0 Å². The molecule has 0 saturated heterocycles. The van der Waals surface area contributed by atoms with Gasteiger partial charge in [-0.05, 0) is 6.07 Å². The zero-order valence-electron chi connectivity index (χ0n) is 15.6. The van der Waals surface area contributed by atoms with Crippen molar-refractivity contribution in [1.82, 2.24) is 19.8 Å². The Hall–Kier alpha value is -2.38. The lowest BCUT2D eigenvalue weighted by Gasteiger charge is -2.32. The van der Waals surface area contributed by atoms with Crippen LogP contribution in [0.15, 0.2) is 30.6 Å². The van der Waals surface area contributed by atoms with Crippen molar-refractivity contribution in [3.63, 3.8) is 0 Å². The Morgan fingerprint density at radius 2 is 2.15 bits per heavy atom. The van der Waals surface area contributed by atoms with Crippen LogP contribution in [0.1, 0.15) is 22.9 Å². The van der Waals surface area contributed by atoms with Crippen LogP contribution in [-0.4, -0.2) is 54.3 Å². The fraction of sp³-hybridized carbons (Fsp3) is 0.474. The van der Waals surface area contributed by atoms with Crippen molar-refractivity contribution in [3.8, 4) is 5.75 Å². The van der Waals surface area contributed by atoms with Crippen LogP contribution in [0.25, 0.3) is 0 Å². The van der Waals surface area contributed by atoms with Gasteiger partial charge in [-0.1, -0.05) is 18.2 Å². The number of carbonyl (C=O) groups excluding carboxylic acids is 1. The van der Waals surface area contributed by atoms with Crippen LogP contribution >= 0.6 is 0 Å². The first-order valence-corrected chi connectivity index (χ1v) is 8.75. The molecule has 0 radical (unpaired) electrons. The number of methoxy groups -OCH3 is 2. The van der Waals surface area contributed by atoms with Crippen molar-refractivity contribution < 1.29 is 14.3 Å². The van der Waals surface area contributed by atoms with E-state index in [0.717, 1.165) is 29.2 Å². The van der Waals surface area contributed by atoms with Gasteiger partial charge in [-0.2, -0.15) is 0 Å². The van der Waals surface area contributed by atoms with Crippen molar-refractivity contribution in [2.24, 2.45) is 7.05 Å². The van der Waals surface area contributed by atoms with Gasteiger partial charge in [0.05, 0.1) is 37.3 Å². The fourth-order valence-electron chi connectivity index (χ4n) is 3.48. The number of ether oxygens (including phenoxy) is 2. The number of amides is 1. The highest BCUT2D eigenvalue weighted by Gasteiger charge is 2.33. The number of nitrogens with zero attached hydrogens (tertiary/aromatic N) is 3. The number of benzene rings is 1. The van der Waals surface area contributed by atoms with E-state index in [2.05, 4.69) is 21.3 Å². The van der Waals surface area contributed by atoms with E-state index in [1.807, 2.05) is 29.8 Å². The molecule has 0 saturated carbocycles. The van der Waals surface area contributed by atoms with Gasteiger partial charge in [0, 0.05) is 45.9 Å². The summed E-state index contributed by atoms with van der Waals surface area (Å²) in [6.07, 6.45) is 1.78. The highest BCUT2D eigenvalue weighted by molar-refractivity contribution is 5.84. The number of carbonyl (C=O) groups is 1. The molecule has 1 aromatic carbocycles. The second kappa shape index (κ2) is 8.33. The zero-order valence-corrected chi connectivity index (χ0v) is 15.6. The molecule has 3 rings (SSSR count). The quantitative estimate of drug-likeness (QED) is 0.756. The van der Waals surface area contributed by atoms with E-state index in [4.69, 9.17) is 9.47 Å². The van der Waals surface area contributed by atoms with Crippen molar-refractivity contribution in [1.29, 1.82) is 0 Å². The Morgan fingerprint density at radius 3 is 2.92 bits per heavy atom. The molecular weight excluding hydrogens is 332 g/mol. The highest BCUT2D eigenvalue weighted by Crippen LogP contribution is 2.30. The van der Waals surface area contributed by atoms with E-state index in [9.17, 15) is 4.79 Å². The molecule has 2 aromatic rings. The van der Waals surface area contributed by atoms with Gasteiger partial charge in [0.1, 0.15) is 5.75 Å². The van der Waals surface area contributed by atoms with E-state index >= 15 is 0 Å². The lowest BCUT2D eigenvalue weighted by Crippen LogP contribution is -2.42. The molecule has 2 heterocycles. The van der Waals surface area contributed by atoms with Crippen LogP contribution in [0.3, 0.4) is 0 Å². The lowest BCUT2D eigenvalue weighted by molar-refractivity contribution is -0.123. The molecule has 0 bridgehead atoms. The number of hydrogen-bond acceptors (Lipinski definition) is 5. The summed E-state index contributed by atoms with van der Waals surface area (Å²) in [7, 11) is 5.25. The molecule has 1 unspecified atom stereocenters. The van der Waals surface area contributed by atoms with Gasteiger partial charge in [-0.3, -0.25) is 9.69 Å². The van der Waals surface area contributed by atoms with E-state index < -0.39 is 0 Å². The van der Waals surface area contributed by atoms with Gasteiger partial charge in [-0.25, -0.2) is 4.98 Å². The largest absolute Gasteiger partial charge is 0.496 e. The lowest BCUT2D eigenvalue weighted by atomic mass is 9.96. The number of nitrogens with one attached hydrogen (secondary N) is 1. The van der Waals surface area contributed by atoms with E-state index in [-0.39, 0.29) is 11.8 Å². The standard InChI is InChI=1S/C19H26N4O3/c1-22-13-21-16-12-23(10-14-6-4-5-7-17(14)26-3)11-15(18(16)22)19(24)20-8-9-25-2/h4-7,13,15H,8-12H2,1-3H3,(H,20,24). The molecule has 0 spiro atoms. The molecule has 1 atom stereocenters. The van der Waals surface area contributed by atoms with Crippen LogP contribution in [0, 0.1) is 0 Å². The summed E-state index contributed by atoms with van der Waals surface area (Å²) < 4.78 is 12.4. The second-order valence-electron chi connectivity index (χ2n) is 6.51. The summed E-state index contributed by atoms with van der Waals surface area (Å²) >= 11 is 0. The molecule has 7 heteroatoms. The molecular formula is C19H26N4O3. The molecule has 1 amide bonds. The van der Waals surface area contributed by atoms with Crippen molar-refractivity contribution in [2.75, 3.05) is 33.9 Å². The van der Waals surface area contributed by atoms with Gasteiger partial charge in [0.2, 0.25) is 5.91 Å². The summed E-state index contributed by atoms with van der Waals surface area (Å²) in [6.45, 7) is 3.08. The first-order valence-electron chi connectivity index (χ1n) is 8.75. The minimum absolute atomic E-state index is 0.0108. The molecule has 1 aliphatic rings. The third-order valence-corrected chi connectivity index (χ3v) is 4.72. The minimum Gasteiger partial charge on any atom is -0.496 e. The molecule has 1 aromatic heterocycles. The van der Waals surface area contributed by atoms with Crippen molar-refractivity contribution in [3.05, 3.63) is 47.5 Å². The topological polar surface area (TPSA) is 68.6 Å². The average Bonchev–Trinajstić information content (AvgIpc) is 3.02. The molecule has 0 aliphatic carbocycles. The van der Waals surface area contributed by atoms with Gasteiger partial charge < -0.3 is 19.4 Å². The van der Waals surface area contributed by atoms with Crippen molar-refractivity contribution >= 4 is 5.91 Å². The summed E-state index contributed by atoms with van der Waals surface area (Å²) in [5.74, 6) is 0.620. The maximum absolute atomic E-state index is 12.7. The number of hydrogen-bond donors (Lipinski definition) is 1. The third-order valence-electron chi connectivity index (χ3n) is 4.72. The average molecular weight is 358 g/mol. The fourth-order valence-corrected chi connectivity index (χ4v) is 3.48. The first kappa shape index (κ1) is 18.4. The van der Waals surface area contributed by atoms with Crippen LogP contribution < -0.4 is 10.1 Å². The zero-order chi connectivity index (χ0) is 18.5. The number of fused-ring (bicyclic) bond motifs is 1. The molecule has 7 nitrogen and oxygen atoms in total. The Labute approximate surface area is 153 Å². The molecule has 140 valence electrons. The predicted octanol–water partition coefficient (Wildman–Crippen LogP) is 1.29. The number of para-hydroxylation sites is 1. The number of aryl methyl sites for hydroxylation is 1. The summed E-state index contributed by atoms with van der Waals surface area (Å²) in [6, 6.07) is 7.98. The second-order valence-corrected chi connectivity index (χ2v) is 6.51. The predicted molar refractivity (Wildman–Crippen MR) is 97.9 cm³/mol. The molecule has 1 aliphatic heterocycles. The Balaban J connectivity index is 1.79. The van der Waals surface area contributed by atoms with Gasteiger partial charge in [-0.15, -0.1) is 0 Å². The van der Waals surface area contributed by atoms with Crippen LogP contribution in [0.2, 0.25) is 0 Å². The van der Waals surface area contributed by atoms with E-state index in [1.54, 1.807) is 20.5 Å². The first-order chi connectivity index (χ1) is 12.6. The SMILES string of the molecule is COCCNC(=O)C1CN(Cc2ccccc2OC)Cc2ncn(C)c21. The van der Waals surface area contributed by atoms with E-state index in [1.165, 1.54) is 0 Å². The third kappa shape index (κ3) is 3.89. The summed E-state index contributed by atoms with van der Waals surface area (Å²) in [4.78, 5) is 19.5. The highest BCUT2D eigenvalue weighted by atomic mass is 16.5. The maximum Gasteiger partial charge on any atom is 0.230 e. The van der Waals surface area contributed by atoms with Crippen LogP contribution in [-0.2, 0) is 29.7 Å². The van der Waals surface area contributed by atoms with Crippen molar-refractivity contribution in [2.45, 2.75) is 19.0 Å². The van der Waals surface area contributed by atoms with Crippen LogP contribution in [0.4, 0.5) is 0 Å². The maximum atomic E-state index is 12.7. The monoisotopic (exact) mass is 358 g/mol. The molecule has 1 N–H and O–H groups in total. The molecule has 26 heavy (non-hydrogen) atoms.